The third kappa shape index (κ3) is 3.21. The number of hydrogen-bond donors (Lipinski definition) is 2. The molecule has 19 heavy (non-hydrogen) atoms. The normalized spacial score (nSPS) is 21.5. The number of hydrogen-bond acceptors (Lipinski definition) is 5. The molecule has 0 radical (unpaired) electrons. The van der Waals surface area contributed by atoms with Crippen molar-refractivity contribution in [1.82, 2.24) is 10.3 Å². The molecule has 0 aromatic carbocycles. The molecule has 2 rings (SSSR count). The van der Waals surface area contributed by atoms with E-state index < -0.39 is 5.60 Å². The van der Waals surface area contributed by atoms with E-state index in [1.54, 1.807) is 25.4 Å². The second-order valence-corrected chi connectivity index (χ2v) is 4.91. The minimum Gasteiger partial charge on any atom is -0.387 e. The summed E-state index contributed by atoms with van der Waals surface area (Å²) < 4.78 is 0. The first-order valence-corrected chi connectivity index (χ1v) is 6.16. The highest BCUT2D eigenvalue weighted by Crippen LogP contribution is 2.22. The summed E-state index contributed by atoms with van der Waals surface area (Å²) in [6, 6.07) is 3.38. The Kier molecular flexibility index (Phi) is 3.69. The second-order valence-electron chi connectivity index (χ2n) is 4.91. The fraction of sp³-hybridized carbons (Fsp3) is 0.462. The van der Waals surface area contributed by atoms with E-state index in [4.69, 9.17) is 4.84 Å². The van der Waals surface area contributed by atoms with Crippen molar-refractivity contribution < 1.29 is 9.63 Å². The Morgan fingerprint density at radius 2 is 2.37 bits per heavy atom. The summed E-state index contributed by atoms with van der Waals surface area (Å²) in [6.07, 6.45) is 2.33. The number of pyridine rings is 1. The van der Waals surface area contributed by atoms with Gasteiger partial charge in [-0.25, -0.2) is 4.98 Å². The van der Waals surface area contributed by atoms with Crippen LogP contribution >= 0.6 is 0 Å². The third-order valence-electron chi connectivity index (χ3n) is 2.95. The van der Waals surface area contributed by atoms with Gasteiger partial charge in [-0.15, -0.1) is 0 Å². The maximum absolute atomic E-state index is 12.0. The largest absolute Gasteiger partial charge is 0.387 e. The molecule has 0 saturated heterocycles. The number of rotatable bonds is 4. The van der Waals surface area contributed by atoms with Crippen LogP contribution in [0.25, 0.3) is 0 Å². The molecule has 1 aliphatic rings. The lowest BCUT2D eigenvalue weighted by atomic mass is 10.0. The standard InChI is InChI=1S/C13H18N4O2/c1-9-7-13(2,19-17-9)8-16-12(18)10-4-5-15-11(6-10)14-3/h4-6H,7-8H2,1-3H3,(H,14,15)(H,16,18)/t13-/m1/s1. The molecule has 0 fully saturated rings. The summed E-state index contributed by atoms with van der Waals surface area (Å²) >= 11 is 0. The Morgan fingerprint density at radius 1 is 1.58 bits per heavy atom. The maximum Gasteiger partial charge on any atom is 0.251 e. The van der Waals surface area contributed by atoms with Crippen molar-refractivity contribution in [3.63, 3.8) is 0 Å². The van der Waals surface area contributed by atoms with Crippen LogP contribution in [0, 0.1) is 0 Å². The summed E-state index contributed by atoms with van der Waals surface area (Å²) in [4.78, 5) is 21.4. The molecule has 1 aromatic heterocycles. The SMILES string of the molecule is CNc1cc(C(=O)NC[C@@]2(C)CC(C)=NO2)ccn1. The van der Waals surface area contributed by atoms with Gasteiger partial charge in [-0.1, -0.05) is 5.16 Å². The van der Waals surface area contributed by atoms with Crippen molar-refractivity contribution in [2.75, 3.05) is 18.9 Å². The molecule has 0 aliphatic carbocycles. The van der Waals surface area contributed by atoms with E-state index in [1.165, 1.54) is 0 Å². The van der Waals surface area contributed by atoms with Crippen LogP contribution in [-0.2, 0) is 4.84 Å². The van der Waals surface area contributed by atoms with Crippen LogP contribution in [0.3, 0.4) is 0 Å². The van der Waals surface area contributed by atoms with Crippen LogP contribution in [0.2, 0.25) is 0 Å². The van der Waals surface area contributed by atoms with Gasteiger partial charge in [0, 0.05) is 25.2 Å². The zero-order valence-corrected chi connectivity index (χ0v) is 11.4. The second kappa shape index (κ2) is 5.26. The molecule has 2 N–H and O–H groups in total. The van der Waals surface area contributed by atoms with Gasteiger partial charge in [0.05, 0.1) is 12.3 Å². The van der Waals surface area contributed by atoms with Crippen LogP contribution in [0.15, 0.2) is 23.5 Å². The van der Waals surface area contributed by atoms with Gasteiger partial charge < -0.3 is 15.5 Å². The molecule has 0 saturated carbocycles. The van der Waals surface area contributed by atoms with E-state index in [1.807, 2.05) is 13.8 Å². The van der Waals surface area contributed by atoms with Gasteiger partial charge >= 0.3 is 0 Å². The number of aromatic nitrogens is 1. The van der Waals surface area contributed by atoms with Crippen molar-refractivity contribution in [3.8, 4) is 0 Å². The Morgan fingerprint density at radius 3 is 3.00 bits per heavy atom. The summed E-state index contributed by atoms with van der Waals surface area (Å²) in [5, 5.41) is 9.67. The van der Waals surface area contributed by atoms with Crippen molar-refractivity contribution >= 4 is 17.4 Å². The predicted octanol–water partition coefficient (Wildman–Crippen LogP) is 1.41. The summed E-state index contributed by atoms with van der Waals surface area (Å²) in [5.41, 5.74) is 1.07. The molecule has 6 heteroatoms. The molecule has 0 spiro atoms. The fourth-order valence-electron chi connectivity index (χ4n) is 1.97. The molecule has 6 nitrogen and oxygen atoms in total. The number of anilines is 1. The molecule has 1 aromatic rings. The topological polar surface area (TPSA) is 75.6 Å². The Balaban J connectivity index is 1.94. The zero-order valence-electron chi connectivity index (χ0n) is 11.4. The number of carbonyl (C=O) groups excluding carboxylic acids is 1. The molecule has 2 heterocycles. The van der Waals surface area contributed by atoms with E-state index >= 15 is 0 Å². The highest BCUT2D eigenvalue weighted by molar-refractivity contribution is 5.94. The fourth-order valence-corrected chi connectivity index (χ4v) is 1.97. The summed E-state index contributed by atoms with van der Waals surface area (Å²) in [6.45, 7) is 4.26. The summed E-state index contributed by atoms with van der Waals surface area (Å²) in [7, 11) is 1.76. The number of carbonyl (C=O) groups is 1. The van der Waals surface area contributed by atoms with Gasteiger partial charge in [0.15, 0.2) is 5.60 Å². The van der Waals surface area contributed by atoms with Crippen molar-refractivity contribution in [1.29, 1.82) is 0 Å². The molecule has 0 unspecified atom stereocenters. The molecule has 102 valence electrons. The minimum absolute atomic E-state index is 0.145. The quantitative estimate of drug-likeness (QED) is 0.860. The Labute approximate surface area is 112 Å². The van der Waals surface area contributed by atoms with Gasteiger partial charge in [-0.3, -0.25) is 4.79 Å². The predicted molar refractivity (Wildman–Crippen MR) is 73.3 cm³/mol. The van der Waals surface area contributed by atoms with Crippen LogP contribution in [0.4, 0.5) is 5.82 Å². The number of oxime groups is 1. The summed E-state index contributed by atoms with van der Waals surface area (Å²) in [5.74, 6) is 0.517. The molecular weight excluding hydrogens is 244 g/mol. The maximum atomic E-state index is 12.0. The van der Waals surface area contributed by atoms with Crippen molar-refractivity contribution in [2.45, 2.75) is 25.9 Å². The molecule has 0 bridgehead atoms. The van der Waals surface area contributed by atoms with E-state index in [2.05, 4.69) is 20.8 Å². The molecule has 1 aliphatic heterocycles. The number of nitrogens with one attached hydrogen (secondary N) is 2. The smallest absolute Gasteiger partial charge is 0.251 e. The lowest BCUT2D eigenvalue weighted by Gasteiger charge is -2.21. The molecule has 1 atom stereocenters. The van der Waals surface area contributed by atoms with Crippen LogP contribution in [0.5, 0.6) is 0 Å². The lowest BCUT2D eigenvalue weighted by molar-refractivity contribution is -0.00181. The minimum atomic E-state index is -0.446. The van der Waals surface area contributed by atoms with Gasteiger partial charge in [-0.2, -0.15) is 0 Å². The Hall–Kier alpha value is -2.11. The highest BCUT2D eigenvalue weighted by atomic mass is 16.7. The molecular formula is C13H18N4O2. The van der Waals surface area contributed by atoms with Crippen molar-refractivity contribution in [3.05, 3.63) is 23.9 Å². The first kappa shape index (κ1) is 13.3. The average Bonchev–Trinajstić information content (AvgIpc) is 2.76. The van der Waals surface area contributed by atoms with Crippen LogP contribution in [0.1, 0.15) is 30.6 Å². The van der Waals surface area contributed by atoms with E-state index in [9.17, 15) is 4.79 Å². The highest BCUT2D eigenvalue weighted by Gasteiger charge is 2.33. The van der Waals surface area contributed by atoms with Gasteiger partial charge in [0.1, 0.15) is 5.82 Å². The molecule has 1 amide bonds. The van der Waals surface area contributed by atoms with Gasteiger partial charge in [-0.05, 0) is 26.0 Å². The van der Waals surface area contributed by atoms with Gasteiger partial charge in [0.2, 0.25) is 0 Å². The number of amides is 1. The average molecular weight is 262 g/mol. The first-order chi connectivity index (χ1) is 9.02. The van der Waals surface area contributed by atoms with Gasteiger partial charge in [0.25, 0.3) is 5.91 Å². The van der Waals surface area contributed by atoms with E-state index in [0.717, 1.165) is 12.1 Å². The monoisotopic (exact) mass is 262 g/mol. The van der Waals surface area contributed by atoms with E-state index in [0.29, 0.717) is 17.9 Å². The Bertz CT molecular complexity index is 515. The van der Waals surface area contributed by atoms with E-state index in [-0.39, 0.29) is 5.91 Å². The van der Waals surface area contributed by atoms with Crippen LogP contribution in [-0.4, -0.2) is 35.8 Å². The zero-order chi connectivity index (χ0) is 13.9. The first-order valence-electron chi connectivity index (χ1n) is 6.16. The van der Waals surface area contributed by atoms with Crippen LogP contribution < -0.4 is 10.6 Å². The van der Waals surface area contributed by atoms with Crippen molar-refractivity contribution in [2.24, 2.45) is 5.16 Å². The third-order valence-corrected chi connectivity index (χ3v) is 2.95. The number of nitrogens with zero attached hydrogens (tertiary/aromatic N) is 2. The lowest BCUT2D eigenvalue weighted by Crippen LogP contribution is -2.40.